The van der Waals surface area contributed by atoms with Gasteiger partial charge in [-0.05, 0) is 45.4 Å². The number of rotatable bonds is 3. The van der Waals surface area contributed by atoms with E-state index < -0.39 is 28.5 Å². The van der Waals surface area contributed by atoms with E-state index in [-0.39, 0.29) is 34.0 Å². The molecule has 2 N–H and O–H groups in total. The lowest BCUT2D eigenvalue weighted by molar-refractivity contribution is 0.143. The van der Waals surface area contributed by atoms with Crippen molar-refractivity contribution in [1.29, 1.82) is 5.26 Å². The number of benzene rings is 2. The normalized spacial score (nSPS) is 15.6. The van der Waals surface area contributed by atoms with Crippen molar-refractivity contribution < 1.29 is 18.6 Å². The molecule has 2 aromatic carbocycles. The third-order valence-electron chi connectivity index (χ3n) is 5.45. The third kappa shape index (κ3) is 4.36. The van der Waals surface area contributed by atoms with Gasteiger partial charge in [0.2, 0.25) is 0 Å². The van der Waals surface area contributed by atoms with Crippen molar-refractivity contribution in [3.63, 3.8) is 0 Å². The minimum absolute atomic E-state index is 0.0506. The zero-order valence-electron chi connectivity index (χ0n) is 18.9. The van der Waals surface area contributed by atoms with Crippen molar-refractivity contribution in [2.75, 3.05) is 13.7 Å². The Labute approximate surface area is 194 Å². The Morgan fingerprint density at radius 3 is 2.53 bits per heavy atom. The molecule has 0 saturated carbocycles. The molecule has 4 rings (SSSR count). The van der Waals surface area contributed by atoms with Crippen LogP contribution >= 0.6 is 0 Å². The largest absolute Gasteiger partial charge is 0.491 e. The van der Waals surface area contributed by atoms with Crippen LogP contribution in [0.25, 0.3) is 16.6 Å². The van der Waals surface area contributed by atoms with Gasteiger partial charge in [-0.1, -0.05) is 11.8 Å². The molecular weight excluding hydrogens is 442 g/mol. The number of nitrogens with zero attached hydrogens (tertiary/aromatic N) is 3. The highest BCUT2D eigenvalue weighted by atomic mass is 19.1. The number of halogens is 2. The highest BCUT2D eigenvalue weighted by Crippen LogP contribution is 2.29. The Bertz CT molecular complexity index is 1430. The summed E-state index contributed by atoms with van der Waals surface area (Å²) in [5.74, 6) is 3.30. The van der Waals surface area contributed by atoms with E-state index in [2.05, 4.69) is 17.2 Å². The predicted octanol–water partition coefficient (Wildman–Crippen LogP) is 3.09. The first kappa shape index (κ1) is 23.4. The molecule has 1 aliphatic heterocycles. The Kier molecular flexibility index (Phi) is 6.09. The zero-order chi connectivity index (χ0) is 24.6. The molecule has 34 heavy (non-hydrogen) atoms. The quantitative estimate of drug-likeness (QED) is 0.578. The summed E-state index contributed by atoms with van der Waals surface area (Å²) < 4.78 is 35.0. The molecule has 1 unspecified atom stereocenters. The fourth-order valence-electron chi connectivity index (χ4n) is 3.95. The number of hydrogen-bond donors (Lipinski definition) is 2. The van der Waals surface area contributed by atoms with Crippen LogP contribution in [0.4, 0.5) is 8.78 Å². The average Bonchev–Trinajstić information content (AvgIpc) is 3.31. The molecule has 174 valence electrons. The lowest BCUT2D eigenvalue weighted by Crippen LogP contribution is -2.29. The van der Waals surface area contributed by atoms with E-state index in [4.69, 9.17) is 9.72 Å². The molecule has 1 fully saturated rings. The van der Waals surface area contributed by atoms with Crippen molar-refractivity contribution in [2.45, 2.75) is 38.3 Å². The number of aliphatic hydroxyl groups is 1. The van der Waals surface area contributed by atoms with Crippen molar-refractivity contribution in [2.24, 2.45) is 0 Å². The third-order valence-corrected chi connectivity index (χ3v) is 5.45. The smallest absolute Gasteiger partial charge is 0.266 e. The molecule has 1 atom stereocenters. The number of nitriles is 1. The Hall–Kier alpha value is -3.79. The summed E-state index contributed by atoms with van der Waals surface area (Å²) in [6, 6.07) is 6.55. The molecule has 1 aromatic heterocycles. The first-order valence-corrected chi connectivity index (χ1v) is 10.7. The summed E-state index contributed by atoms with van der Waals surface area (Å²) in [5, 5.41) is 22.8. The van der Waals surface area contributed by atoms with Gasteiger partial charge >= 0.3 is 0 Å². The summed E-state index contributed by atoms with van der Waals surface area (Å²) in [6.07, 6.45) is 1.50. The SMILES string of the molecule is COc1c(F)cc(-n2c(C3CCCN3)nc3c(C#CC(C)(C)O)cc(C#N)cc3c2=O)cc1F. The van der Waals surface area contributed by atoms with E-state index in [1.54, 1.807) is 0 Å². The highest BCUT2D eigenvalue weighted by molar-refractivity contribution is 5.86. The molecule has 9 heteroatoms. The maximum absolute atomic E-state index is 14.5. The van der Waals surface area contributed by atoms with Gasteiger partial charge in [0.1, 0.15) is 11.4 Å². The van der Waals surface area contributed by atoms with Gasteiger partial charge in [0.05, 0.1) is 46.9 Å². The van der Waals surface area contributed by atoms with Crippen LogP contribution in [0, 0.1) is 34.8 Å². The summed E-state index contributed by atoms with van der Waals surface area (Å²) in [7, 11) is 1.15. The molecular formula is C25H22F2N4O3. The van der Waals surface area contributed by atoms with E-state index in [0.29, 0.717) is 18.5 Å². The Morgan fingerprint density at radius 1 is 1.26 bits per heavy atom. The van der Waals surface area contributed by atoms with Crippen molar-refractivity contribution in [3.05, 3.63) is 63.2 Å². The van der Waals surface area contributed by atoms with Gasteiger partial charge in [-0.3, -0.25) is 9.36 Å². The van der Waals surface area contributed by atoms with E-state index in [1.165, 1.54) is 26.0 Å². The van der Waals surface area contributed by atoms with Crippen LogP contribution in [-0.4, -0.2) is 33.9 Å². The molecule has 0 spiro atoms. The van der Waals surface area contributed by atoms with Gasteiger partial charge in [-0.15, -0.1) is 0 Å². The number of aromatic nitrogens is 2. The van der Waals surface area contributed by atoms with Gasteiger partial charge in [-0.25, -0.2) is 13.8 Å². The van der Waals surface area contributed by atoms with Gasteiger partial charge in [0.25, 0.3) is 5.56 Å². The Morgan fingerprint density at radius 2 is 1.97 bits per heavy atom. The molecule has 0 bridgehead atoms. The average molecular weight is 464 g/mol. The van der Waals surface area contributed by atoms with E-state index in [1.807, 2.05) is 6.07 Å². The molecule has 0 aliphatic carbocycles. The summed E-state index contributed by atoms with van der Waals surface area (Å²) in [4.78, 5) is 18.4. The van der Waals surface area contributed by atoms with Gasteiger partial charge in [-0.2, -0.15) is 5.26 Å². The summed E-state index contributed by atoms with van der Waals surface area (Å²) in [5.41, 5.74) is -1.25. The van der Waals surface area contributed by atoms with Crippen LogP contribution in [0.2, 0.25) is 0 Å². The van der Waals surface area contributed by atoms with Crippen molar-refractivity contribution >= 4 is 10.9 Å². The Balaban J connectivity index is 2.10. The number of ether oxygens (including phenoxy) is 1. The molecule has 7 nitrogen and oxygen atoms in total. The minimum Gasteiger partial charge on any atom is -0.491 e. The van der Waals surface area contributed by atoms with E-state index in [0.717, 1.165) is 30.2 Å². The van der Waals surface area contributed by atoms with E-state index >= 15 is 0 Å². The van der Waals surface area contributed by atoms with Crippen LogP contribution in [0.5, 0.6) is 5.75 Å². The standard InChI is InChI=1S/C25H22F2N4O3/c1-25(2,33)7-6-15-9-14(13-28)10-17-21(15)30-23(20-5-4-8-29-20)31(24(17)32)16-11-18(26)22(34-3)19(27)12-16/h9-12,20,29,33H,4-5,8H2,1-3H3. The summed E-state index contributed by atoms with van der Waals surface area (Å²) in [6.45, 7) is 3.72. The lowest BCUT2D eigenvalue weighted by Gasteiger charge is -2.19. The van der Waals surface area contributed by atoms with Crippen LogP contribution in [-0.2, 0) is 0 Å². The first-order chi connectivity index (χ1) is 16.1. The molecule has 2 heterocycles. The number of hydrogen-bond acceptors (Lipinski definition) is 6. The minimum atomic E-state index is -1.31. The van der Waals surface area contributed by atoms with Crippen LogP contribution in [0.15, 0.2) is 29.1 Å². The fourth-order valence-corrected chi connectivity index (χ4v) is 3.95. The van der Waals surface area contributed by atoms with E-state index in [9.17, 15) is 23.9 Å². The van der Waals surface area contributed by atoms with Gasteiger partial charge < -0.3 is 15.2 Å². The lowest BCUT2D eigenvalue weighted by atomic mass is 10.0. The maximum Gasteiger partial charge on any atom is 0.266 e. The topological polar surface area (TPSA) is 100 Å². The van der Waals surface area contributed by atoms with Gasteiger partial charge in [0.15, 0.2) is 17.4 Å². The van der Waals surface area contributed by atoms with Gasteiger partial charge in [0, 0.05) is 12.1 Å². The maximum atomic E-state index is 14.5. The van der Waals surface area contributed by atoms with Crippen LogP contribution in [0.1, 0.15) is 49.7 Å². The number of nitrogens with one attached hydrogen (secondary N) is 1. The second-order valence-corrected chi connectivity index (χ2v) is 8.54. The second kappa shape index (κ2) is 8.86. The zero-order valence-corrected chi connectivity index (χ0v) is 18.9. The highest BCUT2D eigenvalue weighted by Gasteiger charge is 2.26. The molecule has 0 amide bonds. The van der Waals surface area contributed by atoms with Crippen LogP contribution in [0.3, 0.4) is 0 Å². The van der Waals surface area contributed by atoms with Crippen molar-refractivity contribution in [1.82, 2.24) is 14.9 Å². The van der Waals surface area contributed by atoms with Crippen LogP contribution < -0.4 is 15.6 Å². The number of methoxy groups -OCH3 is 1. The first-order valence-electron chi connectivity index (χ1n) is 10.7. The summed E-state index contributed by atoms with van der Waals surface area (Å²) >= 11 is 0. The molecule has 3 aromatic rings. The molecule has 1 aliphatic rings. The number of fused-ring (bicyclic) bond motifs is 1. The molecule has 1 saturated heterocycles. The molecule has 0 radical (unpaired) electrons. The second-order valence-electron chi connectivity index (χ2n) is 8.54. The van der Waals surface area contributed by atoms with Crippen molar-refractivity contribution in [3.8, 4) is 29.3 Å². The predicted molar refractivity (Wildman–Crippen MR) is 122 cm³/mol. The monoisotopic (exact) mass is 464 g/mol. The fraction of sp³-hybridized carbons (Fsp3) is 0.320.